The van der Waals surface area contributed by atoms with Gasteiger partial charge in [-0.05, 0) is 18.9 Å². The van der Waals surface area contributed by atoms with E-state index in [0.29, 0.717) is 5.70 Å². The fraction of sp³-hybridized carbons (Fsp3) is 0.600. The van der Waals surface area contributed by atoms with Crippen molar-refractivity contribution in [3.05, 3.63) is 23.9 Å². The highest BCUT2D eigenvalue weighted by atomic mass is 16.7. The van der Waals surface area contributed by atoms with Crippen molar-refractivity contribution in [3.63, 3.8) is 0 Å². The molecule has 0 fully saturated rings. The third-order valence-corrected chi connectivity index (χ3v) is 2.71. The van der Waals surface area contributed by atoms with Crippen LogP contribution in [0.15, 0.2) is 23.9 Å². The maximum absolute atomic E-state index is 11.8. The second-order valence-electron chi connectivity index (χ2n) is 5.37. The highest BCUT2D eigenvalue weighted by Crippen LogP contribution is 2.13. The van der Waals surface area contributed by atoms with E-state index in [1.165, 1.54) is 0 Å². The predicted molar refractivity (Wildman–Crippen MR) is 75.6 cm³/mol. The van der Waals surface area contributed by atoms with E-state index >= 15 is 0 Å². The lowest BCUT2D eigenvalue weighted by molar-refractivity contribution is -0.178. The first-order chi connectivity index (χ1) is 9.40. The fourth-order valence-corrected chi connectivity index (χ4v) is 1.51. The molecule has 1 atom stereocenters. The van der Waals surface area contributed by atoms with Gasteiger partial charge in [0.1, 0.15) is 0 Å². The van der Waals surface area contributed by atoms with E-state index in [2.05, 4.69) is 5.32 Å². The summed E-state index contributed by atoms with van der Waals surface area (Å²) in [5.74, 6) is -0.750. The number of nitrogens with one attached hydrogen (secondary N) is 1. The molecule has 20 heavy (non-hydrogen) atoms. The normalized spacial score (nSPS) is 15.8. The minimum absolute atomic E-state index is 0.112. The number of carbonyl (C=O) groups is 2. The summed E-state index contributed by atoms with van der Waals surface area (Å²) in [5, 5.41) is 2.63. The third kappa shape index (κ3) is 5.47. The number of hydrogen-bond donors (Lipinski definition) is 1. The second kappa shape index (κ2) is 7.72. The topological polar surface area (TPSA) is 64.6 Å². The van der Waals surface area contributed by atoms with Crippen LogP contribution in [-0.4, -0.2) is 18.4 Å². The number of hydrogen-bond acceptors (Lipinski definition) is 4. The van der Waals surface area contributed by atoms with E-state index in [1.807, 2.05) is 32.1 Å². The molecule has 0 aromatic heterocycles. The second-order valence-corrected chi connectivity index (χ2v) is 5.37. The molecule has 0 heterocycles. The Labute approximate surface area is 120 Å². The van der Waals surface area contributed by atoms with Crippen molar-refractivity contribution in [1.29, 1.82) is 0 Å². The summed E-state index contributed by atoms with van der Waals surface area (Å²) >= 11 is 0. The van der Waals surface area contributed by atoms with Gasteiger partial charge in [0.05, 0.1) is 5.92 Å². The number of carbonyl (C=O) groups excluding carboxylic acids is 2. The van der Waals surface area contributed by atoms with Gasteiger partial charge in [0.25, 0.3) is 6.29 Å². The van der Waals surface area contributed by atoms with Gasteiger partial charge >= 0.3 is 12.1 Å². The van der Waals surface area contributed by atoms with Crippen molar-refractivity contribution in [2.24, 2.45) is 11.8 Å². The molecule has 0 aromatic carbocycles. The van der Waals surface area contributed by atoms with E-state index in [1.54, 1.807) is 13.8 Å². The molecule has 0 radical (unpaired) electrons. The van der Waals surface area contributed by atoms with Gasteiger partial charge in [-0.3, -0.25) is 10.1 Å². The maximum Gasteiger partial charge on any atom is 0.414 e. The van der Waals surface area contributed by atoms with Gasteiger partial charge in [0.2, 0.25) is 0 Å². The maximum atomic E-state index is 11.8. The summed E-state index contributed by atoms with van der Waals surface area (Å²) in [6.45, 7) is 7.12. The predicted octanol–water partition coefficient (Wildman–Crippen LogP) is 3.13. The number of amides is 1. The Bertz CT molecular complexity index is 410. The van der Waals surface area contributed by atoms with Crippen molar-refractivity contribution in [3.8, 4) is 0 Å². The first-order valence-corrected chi connectivity index (χ1v) is 6.95. The van der Waals surface area contributed by atoms with Crippen LogP contribution in [-0.2, 0) is 14.3 Å². The Morgan fingerprint density at radius 1 is 1.15 bits per heavy atom. The zero-order valence-corrected chi connectivity index (χ0v) is 12.5. The van der Waals surface area contributed by atoms with Crippen molar-refractivity contribution < 1.29 is 19.1 Å². The minimum atomic E-state index is -0.877. The molecule has 0 bridgehead atoms. The van der Waals surface area contributed by atoms with Crippen molar-refractivity contribution in [2.45, 2.75) is 46.8 Å². The molecule has 1 N–H and O–H groups in total. The zero-order valence-electron chi connectivity index (χ0n) is 12.5. The molecule has 0 aromatic rings. The summed E-state index contributed by atoms with van der Waals surface area (Å²) in [5.41, 5.74) is 0.707. The lowest BCUT2D eigenvalue weighted by atomic mass is 10.1. The highest BCUT2D eigenvalue weighted by Gasteiger charge is 2.24. The molecule has 0 unspecified atom stereocenters. The first-order valence-electron chi connectivity index (χ1n) is 6.95. The number of allylic oxidation sites excluding steroid dienone is 3. The largest absolute Gasteiger partial charge is 0.425 e. The summed E-state index contributed by atoms with van der Waals surface area (Å²) in [6.07, 6.45) is 6.11. The van der Waals surface area contributed by atoms with Crippen LogP contribution >= 0.6 is 0 Å². The Hall–Kier alpha value is -1.78. The van der Waals surface area contributed by atoms with Crippen molar-refractivity contribution >= 4 is 12.1 Å². The van der Waals surface area contributed by atoms with E-state index in [0.717, 1.165) is 12.8 Å². The molecular weight excluding hydrogens is 258 g/mol. The molecular formula is C15H23NO4. The molecule has 1 aliphatic carbocycles. The molecule has 0 saturated carbocycles. The van der Waals surface area contributed by atoms with Crippen molar-refractivity contribution in [1.82, 2.24) is 5.32 Å². The third-order valence-electron chi connectivity index (χ3n) is 2.71. The molecule has 1 aliphatic rings. The minimum Gasteiger partial charge on any atom is -0.425 e. The molecule has 0 aliphatic heterocycles. The standard InChI is InChI=1S/C15H23NO4/c1-10(2)13(17)19-14(11(3)4)20-15(18)16-12-8-6-5-7-9-12/h6,8-11,14H,5,7H2,1-4H3,(H,16,18)/t14-/m0/s1. The molecule has 112 valence electrons. The monoisotopic (exact) mass is 281 g/mol. The van der Waals surface area contributed by atoms with Gasteiger partial charge in [-0.15, -0.1) is 0 Å². The van der Waals surface area contributed by atoms with E-state index in [-0.39, 0.29) is 17.8 Å². The van der Waals surface area contributed by atoms with Crippen LogP contribution in [0.5, 0.6) is 0 Å². The summed E-state index contributed by atoms with van der Waals surface area (Å²) in [4.78, 5) is 23.4. The Balaban J connectivity index is 2.52. The van der Waals surface area contributed by atoms with Gasteiger partial charge in [-0.2, -0.15) is 0 Å². The summed E-state index contributed by atoms with van der Waals surface area (Å²) in [7, 11) is 0. The number of esters is 1. The zero-order chi connectivity index (χ0) is 15.1. The van der Waals surface area contributed by atoms with Crippen LogP contribution in [0.4, 0.5) is 4.79 Å². The summed E-state index contributed by atoms with van der Waals surface area (Å²) in [6, 6.07) is 0. The number of ether oxygens (including phenoxy) is 2. The average Bonchev–Trinajstić information content (AvgIpc) is 2.38. The van der Waals surface area contributed by atoms with Crippen LogP contribution in [0.25, 0.3) is 0 Å². The average molecular weight is 281 g/mol. The van der Waals surface area contributed by atoms with Gasteiger partial charge < -0.3 is 9.47 Å². The lowest BCUT2D eigenvalue weighted by Gasteiger charge is -2.22. The van der Waals surface area contributed by atoms with Crippen LogP contribution in [0.2, 0.25) is 0 Å². The Morgan fingerprint density at radius 2 is 1.85 bits per heavy atom. The molecule has 1 rings (SSSR count). The highest BCUT2D eigenvalue weighted by molar-refractivity contribution is 5.73. The molecule has 1 amide bonds. The SMILES string of the molecule is CC(C)C(=O)O[C@@H](OC(=O)NC1=CCCC=C1)C(C)C. The smallest absolute Gasteiger partial charge is 0.414 e. The van der Waals surface area contributed by atoms with Gasteiger partial charge in [0.15, 0.2) is 0 Å². The van der Waals surface area contributed by atoms with Crippen molar-refractivity contribution in [2.75, 3.05) is 0 Å². The Kier molecular flexibility index (Phi) is 6.28. The molecule has 5 nitrogen and oxygen atoms in total. The molecule has 0 spiro atoms. The fourth-order valence-electron chi connectivity index (χ4n) is 1.51. The van der Waals surface area contributed by atoms with Crippen LogP contribution < -0.4 is 5.32 Å². The lowest BCUT2D eigenvalue weighted by Crippen LogP contribution is -2.35. The van der Waals surface area contributed by atoms with E-state index in [9.17, 15) is 9.59 Å². The summed E-state index contributed by atoms with van der Waals surface area (Å²) < 4.78 is 10.3. The van der Waals surface area contributed by atoms with E-state index in [4.69, 9.17) is 9.47 Å². The Morgan fingerprint density at radius 3 is 2.35 bits per heavy atom. The van der Waals surface area contributed by atoms with Crippen LogP contribution in [0.3, 0.4) is 0 Å². The first kappa shape index (κ1) is 16.3. The quantitative estimate of drug-likeness (QED) is 0.621. The van der Waals surface area contributed by atoms with Gasteiger partial charge in [-0.25, -0.2) is 4.79 Å². The van der Waals surface area contributed by atoms with Gasteiger partial charge in [-0.1, -0.05) is 39.8 Å². The molecule has 5 heteroatoms. The van der Waals surface area contributed by atoms with E-state index < -0.39 is 12.4 Å². The number of alkyl carbamates (subject to hydrolysis) is 1. The molecule has 0 saturated heterocycles. The van der Waals surface area contributed by atoms with Crippen LogP contribution in [0, 0.1) is 11.8 Å². The number of rotatable bonds is 5. The van der Waals surface area contributed by atoms with Crippen LogP contribution in [0.1, 0.15) is 40.5 Å². The van der Waals surface area contributed by atoms with Gasteiger partial charge in [0, 0.05) is 11.6 Å².